The standard InChI is InChI=1S/C26H38N6O2.C14H8Cl2N2O2/c27-17-5-1-3-7-19-29-25(33)21-9-13-23(14-10-21)31-32-24-15-11-22(12-16-24)26(34)30-20-8-4-2-6-18-28;15-13(19)9-1-5-11(6-2-9)17-18-12-7-3-10(4-8-12)14(16)20/h9-16H,1-8,17-20,27-28H2,(H,29,33)(H,30,34);1-8H. The van der Waals surface area contributed by atoms with Crippen LogP contribution in [0.15, 0.2) is 118 Å². The minimum absolute atomic E-state index is 0.0910. The van der Waals surface area contributed by atoms with Crippen molar-refractivity contribution < 1.29 is 19.2 Å². The summed E-state index contributed by atoms with van der Waals surface area (Å²) < 4.78 is 0. The molecule has 0 radical (unpaired) electrons. The van der Waals surface area contributed by atoms with Gasteiger partial charge < -0.3 is 22.1 Å². The van der Waals surface area contributed by atoms with Gasteiger partial charge >= 0.3 is 0 Å². The molecular weight excluding hydrogens is 727 g/mol. The number of rotatable bonds is 20. The molecule has 0 spiro atoms. The fourth-order valence-electron chi connectivity index (χ4n) is 4.76. The highest BCUT2D eigenvalue weighted by molar-refractivity contribution is 6.68. The Balaban J connectivity index is 0.000000331. The summed E-state index contributed by atoms with van der Waals surface area (Å²) >= 11 is 10.7. The van der Waals surface area contributed by atoms with Gasteiger partial charge in [0.15, 0.2) is 0 Å². The molecule has 0 saturated carbocycles. The van der Waals surface area contributed by atoms with Gasteiger partial charge in [0, 0.05) is 35.3 Å². The molecule has 4 aromatic carbocycles. The second-order valence-electron chi connectivity index (χ2n) is 12.1. The van der Waals surface area contributed by atoms with E-state index >= 15 is 0 Å². The Morgan fingerprint density at radius 2 is 0.667 bits per heavy atom. The van der Waals surface area contributed by atoms with Crippen molar-refractivity contribution in [3.8, 4) is 0 Å². The van der Waals surface area contributed by atoms with Crippen LogP contribution in [-0.4, -0.2) is 48.5 Å². The summed E-state index contributed by atoms with van der Waals surface area (Å²) in [4.78, 5) is 46.2. The Bertz CT molecular complexity index is 1680. The molecule has 4 rings (SSSR count). The van der Waals surface area contributed by atoms with Crippen LogP contribution in [0.5, 0.6) is 0 Å². The molecule has 0 unspecified atom stereocenters. The first-order valence-corrected chi connectivity index (χ1v) is 18.6. The summed E-state index contributed by atoms with van der Waals surface area (Å²) in [6.45, 7) is 2.76. The van der Waals surface area contributed by atoms with Gasteiger partial charge in [0.25, 0.3) is 22.3 Å². The number of hydrogen-bond donors (Lipinski definition) is 4. The molecule has 6 N–H and O–H groups in total. The first kappa shape index (κ1) is 43.3. The lowest BCUT2D eigenvalue weighted by atomic mass is 10.1. The Labute approximate surface area is 325 Å². The lowest BCUT2D eigenvalue weighted by Crippen LogP contribution is -2.24. The Morgan fingerprint density at radius 3 is 0.926 bits per heavy atom. The summed E-state index contributed by atoms with van der Waals surface area (Å²) in [5.74, 6) is -0.182. The molecule has 0 heterocycles. The number of nitrogens with zero attached hydrogens (tertiary/aromatic N) is 4. The molecule has 14 heteroatoms. The van der Waals surface area contributed by atoms with Crippen molar-refractivity contribution in [1.82, 2.24) is 10.6 Å². The third-order valence-electron chi connectivity index (χ3n) is 7.84. The monoisotopic (exact) mass is 772 g/mol. The second-order valence-corrected chi connectivity index (χ2v) is 12.7. The van der Waals surface area contributed by atoms with Crippen molar-refractivity contribution in [2.75, 3.05) is 26.2 Å². The first-order chi connectivity index (χ1) is 26.2. The number of nitrogens with two attached hydrogens (primary N) is 2. The topological polar surface area (TPSA) is 194 Å². The van der Waals surface area contributed by atoms with Crippen molar-refractivity contribution >= 4 is 68.3 Å². The van der Waals surface area contributed by atoms with Crippen LogP contribution in [-0.2, 0) is 0 Å². The molecular formula is C40H46Cl2N8O4. The molecule has 284 valence electrons. The van der Waals surface area contributed by atoms with Crippen LogP contribution >= 0.6 is 23.2 Å². The van der Waals surface area contributed by atoms with E-state index in [-0.39, 0.29) is 11.8 Å². The van der Waals surface area contributed by atoms with E-state index in [9.17, 15) is 19.2 Å². The SMILES string of the molecule is NCCCCCCNC(=O)c1ccc(N=Nc2ccc(C(=O)NCCCCCCN)cc2)cc1.O=C(Cl)c1ccc(N=Nc2ccc(C(=O)Cl)cc2)cc1. The summed E-state index contributed by atoms with van der Waals surface area (Å²) in [5, 5.41) is 21.3. The summed E-state index contributed by atoms with van der Waals surface area (Å²) in [7, 11) is 0. The van der Waals surface area contributed by atoms with Gasteiger partial charge in [-0.1, -0.05) is 25.7 Å². The van der Waals surface area contributed by atoms with Crippen molar-refractivity contribution in [3.63, 3.8) is 0 Å². The number of carbonyl (C=O) groups is 4. The maximum Gasteiger partial charge on any atom is 0.252 e. The summed E-state index contributed by atoms with van der Waals surface area (Å²) in [6, 6.07) is 26.8. The lowest BCUT2D eigenvalue weighted by molar-refractivity contribution is 0.0944. The number of carbonyl (C=O) groups excluding carboxylic acids is 4. The predicted octanol–water partition coefficient (Wildman–Crippen LogP) is 9.46. The van der Waals surface area contributed by atoms with Crippen LogP contribution in [0.3, 0.4) is 0 Å². The van der Waals surface area contributed by atoms with Crippen molar-refractivity contribution in [3.05, 3.63) is 119 Å². The van der Waals surface area contributed by atoms with Crippen LogP contribution in [0.4, 0.5) is 22.7 Å². The van der Waals surface area contributed by atoms with Crippen LogP contribution in [0.1, 0.15) is 92.8 Å². The predicted molar refractivity (Wildman–Crippen MR) is 214 cm³/mol. The first-order valence-electron chi connectivity index (χ1n) is 17.8. The van der Waals surface area contributed by atoms with E-state index in [1.54, 1.807) is 97.1 Å². The average molecular weight is 774 g/mol. The minimum Gasteiger partial charge on any atom is -0.352 e. The van der Waals surface area contributed by atoms with E-state index in [4.69, 9.17) is 34.7 Å². The zero-order chi connectivity index (χ0) is 39.0. The maximum atomic E-state index is 12.2. The number of nitrogens with one attached hydrogen (secondary N) is 2. The Morgan fingerprint density at radius 1 is 0.407 bits per heavy atom. The van der Waals surface area contributed by atoms with Gasteiger partial charge in [0.1, 0.15) is 0 Å². The number of amides is 2. The second kappa shape index (κ2) is 25.0. The van der Waals surface area contributed by atoms with E-state index in [1.165, 1.54) is 0 Å². The number of benzene rings is 4. The van der Waals surface area contributed by atoms with Crippen molar-refractivity contribution in [1.29, 1.82) is 0 Å². The van der Waals surface area contributed by atoms with Gasteiger partial charge in [-0.2, -0.15) is 20.5 Å². The molecule has 54 heavy (non-hydrogen) atoms. The van der Waals surface area contributed by atoms with E-state index in [0.29, 0.717) is 58.1 Å². The average Bonchev–Trinajstić information content (AvgIpc) is 3.19. The molecule has 0 aliphatic carbocycles. The van der Waals surface area contributed by atoms with Gasteiger partial charge in [0.2, 0.25) is 0 Å². The van der Waals surface area contributed by atoms with Gasteiger partial charge in [0.05, 0.1) is 22.7 Å². The number of halogens is 2. The lowest BCUT2D eigenvalue weighted by Gasteiger charge is -2.05. The Hall–Kier alpha value is -5.14. The molecule has 12 nitrogen and oxygen atoms in total. The van der Waals surface area contributed by atoms with Gasteiger partial charge in [-0.15, -0.1) is 0 Å². The highest BCUT2D eigenvalue weighted by Gasteiger charge is 2.07. The zero-order valence-electron chi connectivity index (χ0n) is 30.1. The number of unbranched alkanes of at least 4 members (excludes halogenated alkanes) is 6. The summed E-state index contributed by atoms with van der Waals surface area (Å²) in [5.41, 5.74) is 15.4. The normalized spacial score (nSPS) is 10.9. The zero-order valence-corrected chi connectivity index (χ0v) is 31.6. The molecule has 0 fully saturated rings. The smallest absolute Gasteiger partial charge is 0.252 e. The highest BCUT2D eigenvalue weighted by Crippen LogP contribution is 2.21. The third kappa shape index (κ3) is 16.7. The van der Waals surface area contributed by atoms with E-state index in [2.05, 4.69) is 31.1 Å². The van der Waals surface area contributed by atoms with E-state index in [1.807, 2.05) is 0 Å². The molecule has 0 bridgehead atoms. The maximum absolute atomic E-state index is 12.2. The molecule has 0 saturated heterocycles. The van der Waals surface area contributed by atoms with Gasteiger partial charge in [-0.3, -0.25) is 19.2 Å². The summed E-state index contributed by atoms with van der Waals surface area (Å²) in [6.07, 6.45) is 8.28. The quantitative estimate of drug-likeness (QED) is 0.0392. The minimum atomic E-state index is -0.519. The van der Waals surface area contributed by atoms with Crippen molar-refractivity contribution in [2.45, 2.75) is 51.4 Å². The molecule has 0 aliphatic rings. The van der Waals surface area contributed by atoms with Crippen LogP contribution in [0.25, 0.3) is 0 Å². The van der Waals surface area contributed by atoms with Crippen LogP contribution in [0.2, 0.25) is 0 Å². The fraction of sp³-hybridized carbons (Fsp3) is 0.300. The van der Waals surface area contributed by atoms with E-state index in [0.717, 1.165) is 64.5 Å². The molecule has 0 atom stereocenters. The largest absolute Gasteiger partial charge is 0.352 e. The number of azo groups is 2. The van der Waals surface area contributed by atoms with Crippen LogP contribution in [0, 0.1) is 0 Å². The van der Waals surface area contributed by atoms with Gasteiger partial charge in [-0.25, -0.2) is 0 Å². The third-order valence-corrected chi connectivity index (χ3v) is 8.28. The van der Waals surface area contributed by atoms with Crippen LogP contribution < -0.4 is 22.1 Å². The molecule has 0 aromatic heterocycles. The van der Waals surface area contributed by atoms with E-state index < -0.39 is 10.5 Å². The molecule has 4 aromatic rings. The van der Waals surface area contributed by atoms with Gasteiger partial charge in [-0.05, 0) is 159 Å². The molecule has 2 amide bonds. The number of hydrogen-bond acceptors (Lipinski definition) is 10. The Kier molecular flexibility index (Phi) is 20.0. The molecule has 0 aliphatic heterocycles. The highest BCUT2D eigenvalue weighted by atomic mass is 35.5. The fourth-order valence-corrected chi connectivity index (χ4v) is 5.01. The van der Waals surface area contributed by atoms with Crippen molar-refractivity contribution in [2.24, 2.45) is 31.9 Å².